The van der Waals surface area contributed by atoms with Gasteiger partial charge in [-0.25, -0.2) is 4.79 Å². The largest absolute Gasteiger partial charge is 0.393 e. The average Bonchev–Trinajstić information content (AvgIpc) is 3.49. The van der Waals surface area contributed by atoms with Crippen LogP contribution in [0.15, 0.2) is 72.3 Å². The molecule has 8 rings (SSSR count). The number of fused-ring (bicyclic) bond motifs is 7. The number of hydrogen-bond donors (Lipinski definition) is 3. The zero-order valence-electron chi connectivity index (χ0n) is 28.2. The van der Waals surface area contributed by atoms with Gasteiger partial charge in [-0.3, -0.25) is 0 Å². The maximum atomic E-state index is 11.6. The summed E-state index contributed by atoms with van der Waals surface area (Å²) in [5.74, 6) is 3.68. The maximum Gasteiger partial charge on any atom is 0.323 e. The molecule has 2 amide bonds. The summed E-state index contributed by atoms with van der Waals surface area (Å²) in [6.45, 7) is 10.7. The van der Waals surface area contributed by atoms with Crippen LogP contribution in [0.25, 0.3) is 0 Å². The lowest BCUT2D eigenvalue weighted by Crippen LogP contribution is -2.50. The van der Waals surface area contributed by atoms with Crippen LogP contribution in [-0.4, -0.2) is 35.7 Å². The lowest BCUT2D eigenvalue weighted by molar-refractivity contribution is -0.272. The Hall–Kier alpha value is -2.67. The number of amides is 2. The van der Waals surface area contributed by atoms with Gasteiger partial charge < -0.3 is 25.2 Å². The number of ether oxygens (including phenoxy) is 2. The number of carbonyl (C=O) groups is 1. The molecule has 2 heterocycles. The van der Waals surface area contributed by atoms with Gasteiger partial charge in [-0.2, -0.15) is 0 Å². The summed E-state index contributed by atoms with van der Waals surface area (Å²) in [5.41, 5.74) is 4.01. The number of aliphatic hydroxyl groups excluding tert-OH is 1. The second kappa shape index (κ2) is 12.4. The topological polar surface area (TPSA) is 79.8 Å². The number of nitrogens with one attached hydrogen (secondary N) is 2. The first-order chi connectivity index (χ1) is 22.1. The highest BCUT2D eigenvalue weighted by molar-refractivity contribution is 5.99. The van der Waals surface area contributed by atoms with E-state index in [4.69, 9.17) is 9.47 Å². The third kappa shape index (κ3) is 5.62. The fourth-order valence-corrected chi connectivity index (χ4v) is 10.9. The van der Waals surface area contributed by atoms with Crippen LogP contribution < -0.4 is 10.6 Å². The van der Waals surface area contributed by atoms with E-state index in [0.717, 1.165) is 49.1 Å². The van der Waals surface area contributed by atoms with Gasteiger partial charge in [0.05, 0.1) is 18.8 Å². The second-order valence-electron chi connectivity index (χ2n) is 16.0. The monoisotopic (exact) mass is 626 g/mol. The third-order valence-electron chi connectivity index (χ3n) is 13.3. The Morgan fingerprint density at radius 1 is 0.870 bits per heavy atom. The van der Waals surface area contributed by atoms with Crippen LogP contribution in [0, 0.1) is 46.3 Å². The Morgan fingerprint density at radius 3 is 2.17 bits per heavy atom. The van der Waals surface area contributed by atoms with Gasteiger partial charge >= 0.3 is 6.03 Å². The van der Waals surface area contributed by atoms with E-state index in [1.54, 1.807) is 5.57 Å². The summed E-state index contributed by atoms with van der Waals surface area (Å²) < 4.78 is 13.3. The molecule has 3 N–H and O–H groups in total. The van der Waals surface area contributed by atoms with Gasteiger partial charge in [0.2, 0.25) is 0 Å². The zero-order valence-corrected chi connectivity index (χ0v) is 28.2. The number of para-hydroxylation sites is 2. The van der Waals surface area contributed by atoms with Crippen molar-refractivity contribution in [2.45, 2.75) is 103 Å². The molecule has 1 spiro atoms. The van der Waals surface area contributed by atoms with Gasteiger partial charge in [-0.1, -0.05) is 75.7 Å². The van der Waals surface area contributed by atoms with Crippen molar-refractivity contribution in [1.29, 1.82) is 0 Å². The molecule has 11 atom stereocenters. The molecule has 2 aromatic rings. The number of benzene rings is 2. The van der Waals surface area contributed by atoms with E-state index >= 15 is 0 Å². The van der Waals surface area contributed by atoms with Gasteiger partial charge in [0.15, 0.2) is 5.79 Å². The van der Waals surface area contributed by atoms with Gasteiger partial charge in [0, 0.05) is 23.7 Å². The van der Waals surface area contributed by atoms with Gasteiger partial charge in [-0.05, 0) is 116 Å². The summed E-state index contributed by atoms with van der Waals surface area (Å²) >= 11 is 0. The quantitative estimate of drug-likeness (QED) is 0.291. The van der Waals surface area contributed by atoms with Gasteiger partial charge in [-0.15, -0.1) is 0 Å². The van der Waals surface area contributed by atoms with Crippen molar-refractivity contribution in [3.8, 4) is 0 Å². The summed E-state index contributed by atoms with van der Waals surface area (Å²) in [6, 6.07) is 18.4. The molecule has 5 fully saturated rings. The molecule has 0 bridgehead atoms. The SMILES string of the molecule is CC1CCC2(OC1)OC1CC3C4CCC5CC(O)CCC5(C)C4=CCC3(C)C1C2C.O=C(Nc1ccccc1)Nc1ccccc1. The van der Waals surface area contributed by atoms with Gasteiger partial charge in [0.1, 0.15) is 0 Å². The predicted molar refractivity (Wildman–Crippen MR) is 183 cm³/mol. The summed E-state index contributed by atoms with van der Waals surface area (Å²) in [6.07, 6.45) is 13.6. The highest BCUT2D eigenvalue weighted by Gasteiger charge is 2.67. The molecule has 6 nitrogen and oxygen atoms in total. The first-order valence-corrected chi connectivity index (χ1v) is 18.0. The Bertz CT molecular complexity index is 1360. The van der Waals surface area contributed by atoms with Crippen molar-refractivity contribution in [2.24, 2.45) is 46.3 Å². The van der Waals surface area contributed by atoms with E-state index in [1.807, 2.05) is 60.7 Å². The van der Waals surface area contributed by atoms with E-state index in [1.165, 1.54) is 38.5 Å². The lowest BCUT2D eigenvalue weighted by atomic mass is 9.48. The predicted octanol–water partition coefficient (Wildman–Crippen LogP) is 9.04. The van der Waals surface area contributed by atoms with E-state index in [0.29, 0.717) is 40.6 Å². The molecule has 46 heavy (non-hydrogen) atoms. The fraction of sp³-hybridized carbons (Fsp3) is 0.625. The van der Waals surface area contributed by atoms with E-state index in [2.05, 4.69) is 44.4 Å². The maximum absolute atomic E-state index is 11.6. The highest BCUT2D eigenvalue weighted by Crippen LogP contribution is 2.69. The Balaban J connectivity index is 0.000000179. The Labute approximate surface area is 275 Å². The smallest absolute Gasteiger partial charge is 0.323 e. The van der Waals surface area contributed by atoms with Crippen LogP contribution >= 0.6 is 0 Å². The van der Waals surface area contributed by atoms with Crippen molar-refractivity contribution >= 4 is 17.4 Å². The van der Waals surface area contributed by atoms with Crippen LogP contribution in [0.5, 0.6) is 0 Å². The lowest BCUT2D eigenvalue weighted by Gasteiger charge is -2.57. The number of anilines is 2. The van der Waals surface area contributed by atoms with Crippen molar-refractivity contribution in [3.05, 3.63) is 72.3 Å². The van der Waals surface area contributed by atoms with Crippen LogP contribution in [0.2, 0.25) is 0 Å². The third-order valence-corrected chi connectivity index (χ3v) is 13.3. The van der Waals surface area contributed by atoms with Crippen molar-refractivity contribution in [3.63, 3.8) is 0 Å². The molecule has 11 unspecified atom stereocenters. The minimum atomic E-state index is -0.303. The molecule has 0 aromatic heterocycles. The highest BCUT2D eigenvalue weighted by atomic mass is 16.7. The molecule has 2 aromatic carbocycles. The number of carbonyl (C=O) groups excluding carboxylic acids is 1. The first-order valence-electron chi connectivity index (χ1n) is 18.0. The van der Waals surface area contributed by atoms with Crippen molar-refractivity contribution < 1.29 is 19.4 Å². The summed E-state index contributed by atoms with van der Waals surface area (Å²) in [7, 11) is 0. The Kier molecular flexibility index (Phi) is 8.61. The number of urea groups is 1. The van der Waals surface area contributed by atoms with Crippen molar-refractivity contribution in [2.75, 3.05) is 17.2 Å². The molecule has 2 saturated heterocycles. The van der Waals surface area contributed by atoms with Crippen LogP contribution in [0.1, 0.15) is 85.5 Å². The molecular weight excluding hydrogens is 572 g/mol. The number of allylic oxidation sites excluding steroid dienone is 2. The molecule has 3 saturated carbocycles. The van der Waals surface area contributed by atoms with Crippen LogP contribution in [0.4, 0.5) is 16.2 Å². The standard InChI is InChI=1S/C27H42O3.C13H12N2O/c1-16-7-12-27(29-15-16)17(2)24-23(30-27)14-22-20-6-5-18-13-19(28)8-10-25(18,3)21(20)9-11-26(22,24)4;16-13(14-11-7-3-1-4-8-11)15-12-9-5-2-6-10-12/h9,16-20,22-24,28H,5-8,10-15H2,1-4H3;1-10H,(H2,14,15,16). The minimum Gasteiger partial charge on any atom is -0.393 e. The average molecular weight is 627 g/mol. The van der Waals surface area contributed by atoms with Crippen LogP contribution in [0.3, 0.4) is 0 Å². The van der Waals surface area contributed by atoms with Gasteiger partial charge in [0.25, 0.3) is 0 Å². The molecule has 248 valence electrons. The molecule has 0 radical (unpaired) electrons. The number of aliphatic hydroxyl groups is 1. The second-order valence-corrected chi connectivity index (χ2v) is 16.0. The fourth-order valence-electron chi connectivity index (χ4n) is 10.9. The molecule has 4 aliphatic carbocycles. The molecule has 6 aliphatic rings. The van der Waals surface area contributed by atoms with E-state index in [9.17, 15) is 9.90 Å². The molecule has 2 aliphatic heterocycles. The molecule has 6 heteroatoms. The van der Waals surface area contributed by atoms with Crippen LogP contribution in [-0.2, 0) is 9.47 Å². The summed E-state index contributed by atoms with van der Waals surface area (Å²) in [4.78, 5) is 11.6. The normalized spacial score (nSPS) is 42.3. The summed E-state index contributed by atoms with van der Waals surface area (Å²) in [5, 5.41) is 15.8. The van der Waals surface area contributed by atoms with E-state index < -0.39 is 0 Å². The van der Waals surface area contributed by atoms with E-state index in [-0.39, 0.29) is 17.9 Å². The first kappa shape index (κ1) is 31.9. The Morgan fingerprint density at radius 2 is 1.54 bits per heavy atom. The minimum absolute atomic E-state index is 0.0661. The molecular formula is C40H54N2O4. The number of hydrogen-bond acceptors (Lipinski definition) is 4. The van der Waals surface area contributed by atoms with Crippen molar-refractivity contribution in [1.82, 2.24) is 0 Å². The number of rotatable bonds is 2. The zero-order chi connectivity index (χ0) is 32.1.